The Bertz CT molecular complexity index is 587. The van der Waals surface area contributed by atoms with Crippen LogP contribution >= 0.6 is 0 Å². The highest BCUT2D eigenvalue weighted by atomic mass is 16.5. The number of nitrogens with zero attached hydrogens (tertiary/aromatic N) is 3. The Morgan fingerprint density at radius 3 is 2.91 bits per heavy atom. The fourth-order valence-electron chi connectivity index (χ4n) is 3.49. The van der Waals surface area contributed by atoms with Crippen molar-refractivity contribution >= 4 is 11.8 Å². The number of aromatic amines is 1. The highest BCUT2D eigenvalue weighted by Crippen LogP contribution is 2.25. The minimum atomic E-state index is -0.198. The van der Waals surface area contributed by atoms with Crippen LogP contribution in [0.5, 0.6) is 0 Å². The summed E-state index contributed by atoms with van der Waals surface area (Å²) in [5.41, 5.74) is 3.21. The van der Waals surface area contributed by atoms with Gasteiger partial charge in [-0.3, -0.25) is 14.9 Å². The summed E-state index contributed by atoms with van der Waals surface area (Å²) in [5, 5.41) is 7.59. The van der Waals surface area contributed by atoms with Gasteiger partial charge in [-0.05, 0) is 12.8 Å². The van der Waals surface area contributed by atoms with Crippen LogP contribution in [0.2, 0.25) is 0 Å². The smallest absolute Gasteiger partial charge is 0.305 e. The van der Waals surface area contributed by atoms with Crippen molar-refractivity contribution in [2.24, 2.45) is 4.99 Å². The van der Waals surface area contributed by atoms with Crippen molar-refractivity contribution in [1.82, 2.24) is 15.1 Å². The zero-order valence-corrected chi connectivity index (χ0v) is 14.1. The monoisotopic (exact) mass is 318 g/mol. The summed E-state index contributed by atoms with van der Waals surface area (Å²) in [6, 6.07) is 0.426. The highest BCUT2D eigenvalue weighted by Gasteiger charge is 2.27. The van der Waals surface area contributed by atoms with Gasteiger partial charge in [0.1, 0.15) is 5.84 Å². The molecular weight excluding hydrogens is 292 g/mol. The van der Waals surface area contributed by atoms with Crippen molar-refractivity contribution in [2.75, 3.05) is 20.7 Å². The molecule has 1 aromatic heterocycles. The zero-order valence-electron chi connectivity index (χ0n) is 14.1. The Labute approximate surface area is 137 Å². The molecule has 0 saturated heterocycles. The van der Waals surface area contributed by atoms with Crippen molar-refractivity contribution in [3.8, 4) is 0 Å². The van der Waals surface area contributed by atoms with E-state index in [1.54, 1.807) is 0 Å². The van der Waals surface area contributed by atoms with E-state index in [9.17, 15) is 4.79 Å². The first-order chi connectivity index (χ1) is 11.2. The molecule has 0 unspecified atom stereocenters. The molecule has 1 aliphatic heterocycles. The summed E-state index contributed by atoms with van der Waals surface area (Å²) in [6.07, 6.45) is 8.14. The lowest BCUT2D eigenvalue weighted by atomic mass is 9.95. The fraction of sp³-hybridized carbons (Fsp3) is 0.706. The van der Waals surface area contributed by atoms with Gasteiger partial charge in [0.25, 0.3) is 0 Å². The second kappa shape index (κ2) is 7.15. The van der Waals surface area contributed by atoms with Crippen LogP contribution in [0.1, 0.15) is 55.5 Å². The molecule has 1 aromatic rings. The van der Waals surface area contributed by atoms with Crippen LogP contribution in [0.3, 0.4) is 0 Å². The summed E-state index contributed by atoms with van der Waals surface area (Å²) >= 11 is 0. The molecule has 0 amide bonds. The quantitative estimate of drug-likeness (QED) is 0.863. The molecule has 0 radical (unpaired) electrons. The molecule has 6 nitrogen and oxygen atoms in total. The summed E-state index contributed by atoms with van der Waals surface area (Å²) < 4.78 is 4.74. The third-order valence-electron chi connectivity index (χ3n) is 4.87. The average molecular weight is 318 g/mol. The number of amidine groups is 1. The van der Waals surface area contributed by atoms with E-state index in [-0.39, 0.29) is 5.97 Å². The number of likely N-dealkylation sites (N-methyl/N-ethyl adjacent to an activating group) is 1. The number of rotatable bonds is 4. The van der Waals surface area contributed by atoms with Gasteiger partial charge in [0, 0.05) is 32.1 Å². The van der Waals surface area contributed by atoms with Crippen LogP contribution in [0.15, 0.2) is 4.99 Å². The topological polar surface area (TPSA) is 70.6 Å². The minimum Gasteiger partial charge on any atom is -0.469 e. The number of methoxy groups -OCH3 is 1. The summed E-state index contributed by atoms with van der Waals surface area (Å²) in [7, 11) is 3.52. The van der Waals surface area contributed by atoms with Crippen LogP contribution in [0.4, 0.5) is 0 Å². The van der Waals surface area contributed by atoms with E-state index in [1.165, 1.54) is 39.2 Å². The Kier molecular flexibility index (Phi) is 4.98. The summed E-state index contributed by atoms with van der Waals surface area (Å²) in [5.74, 6) is 0.850. The van der Waals surface area contributed by atoms with Crippen molar-refractivity contribution < 1.29 is 9.53 Å². The number of H-pyrrole nitrogens is 1. The molecule has 0 atom stereocenters. The van der Waals surface area contributed by atoms with Crippen LogP contribution in [0.25, 0.3) is 0 Å². The molecule has 23 heavy (non-hydrogen) atoms. The van der Waals surface area contributed by atoms with Crippen LogP contribution in [-0.4, -0.2) is 53.6 Å². The number of fused-ring (bicyclic) bond motifs is 1. The van der Waals surface area contributed by atoms with E-state index in [2.05, 4.69) is 22.1 Å². The van der Waals surface area contributed by atoms with Gasteiger partial charge in [-0.1, -0.05) is 19.3 Å². The molecule has 1 aliphatic carbocycles. The lowest BCUT2D eigenvalue weighted by Gasteiger charge is -2.29. The lowest BCUT2D eigenvalue weighted by Crippen LogP contribution is -2.36. The predicted molar refractivity (Wildman–Crippen MR) is 88.7 cm³/mol. The second-order valence-electron chi connectivity index (χ2n) is 6.52. The fourth-order valence-corrected chi connectivity index (χ4v) is 3.49. The van der Waals surface area contributed by atoms with Crippen molar-refractivity contribution in [3.05, 3.63) is 17.0 Å². The molecule has 6 heteroatoms. The van der Waals surface area contributed by atoms with Gasteiger partial charge >= 0.3 is 5.97 Å². The van der Waals surface area contributed by atoms with E-state index in [1.807, 2.05) is 0 Å². The van der Waals surface area contributed by atoms with Crippen LogP contribution < -0.4 is 0 Å². The number of aromatic nitrogens is 2. The number of esters is 1. The maximum atomic E-state index is 11.4. The number of nitrogens with one attached hydrogen (secondary N) is 1. The third-order valence-corrected chi connectivity index (χ3v) is 4.87. The molecule has 2 heterocycles. The van der Waals surface area contributed by atoms with Gasteiger partial charge in [-0.25, -0.2) is 0 Å². The summed E-state index contributed by atoms with van der Waals surface area (Å²) in [4.78, 5) is 18.7. The molecule has 126 valence electrons. The standard InChI is InChI=1S/C17H26N4O2/c1-21-11-10-14-16(13(19-20-14)8-9-15(22)23-2)17(21)18-12-6-4-3-5-7-12/h12H,3-11H2,1-2H3,(H,19,20). The molecule has 0 aromatic carbocycles. The first-order valence-corrected chi connectivity index (χ1v) is 8.61. The molecule has 1 fully saturated rings. The van der Waals surface area contributed by atoms with E-state index < -0.39 is 0 Å². The highest BCUT2D eigenvalue weighted by molar-refractivity contribution is 6.01. The predicted octanol–water partition coefficient (Wildman–Crippen LogP) is 2.08. The maximum Gasteiger partial charge on any atom is 0.305 e. The van der Waals surface area contributed by atoms with Gasteiger partial charge in [0.05, 0.1) is 30.8 Å². The number of carbonyl (C=O) groups excluding carboxylic acids is 1. The normalized spacial score (nSPS) is 20.6. The zero-order chi connectivity index (χ0) is 16.2. The Hall–Kier alpha value is -1.85. The Balaban J connectivity index is 1.85. The summed E-state index contributed by atoms with van der Waals surface area (Å²) in [6.45, 7) is 0.956. The molecule has 0 bridgehead atoms. The van der Waals surface area contributed by atoms with E-state index in [0.717, 1.165) is 35.8 Å². The number of ether oxygens (including phenoxy) is 1. The van der Waals surface area contributed by atoms with Crippen LogP contribution in [0, 0.1) is 0 Å². The van der Waals surface area contributed by atoms with Crippen molar-refractivity contribution in [1.29, 1.82) is 0 Å². The van der Waals surface area contributed by atoms with Gasteiger partial charge < -0.3 is 9.64 Å². The molecule has 2 aliphatic rings. The van der Waals surface area contributed by atoms with E-state index >= 15 is 0 Å². The number of carbonyl (C=O) groups is 1. The van der Waals surface area contributed by atoms with Gasteiger partial charge in [0.15, 0.2) is 0 Å². The van der Waals surface area contributed by atoms with Crippen molar-refractivity contribution in [3.63, 3.8) is 0 Å². The van der Waals surface area contributed by atoms with E-state index in [0.29, 0.717) is 18.9 Å². The molecule has 1 N–H and O–H groups in total. The first-order valence-electron chi connectivity index (χ1n) is 8.61. The van der Waals surface area contributed by atoms with E-state index in [4.69, 9.17) is 9.73 Å². The SMILES string of the molecule is COC(=O)CCc1n[nH]c2c1C(=NC1CCCCC1)N(C)CC2. The molecular formula is C17H26N4O2. The number of aryl methyl sites for hydroxylation is 1. The molecule has 3 rings (SSSR count). The Morgan fingerprint density at radius 2 is 2.17 bits per heavy atom. The average Bonchev–Trinajstić information content (AvgIpc) is 2.99. The van der Waals surface area contributed by atoms with Gasteiger partial charge in [0.2, 0.25) is 0 Å². The Morgan fingerprint density at radius 1 is 1.39 bits per heavy atom. The molecule has 0 spiro atoms. The number of hydrogen-bond donors (Lipinski definition) is 1. The number of hydrogen-bond acceptors (Lipinski definition) is 4. The van der Waals surface area contributed by atoms with Gasteiger partial charge in [-0.15, -0.1) is 0 Å². The maximum absolute atomic E-state index is 11.4. The second-order valence-corrected chi connectivity index (χ2v) is 6.52. The number of aliphatic imine (C=N–C) groups is 1. The van der Waals surface area contributed by atoms with Gasteiger partial charge in [-0.2, -0.15) is 5.10 Å². The molecule has 1 saturated carbocycles. The first kappa shape index (κ1) is 16.0. The van der Waals surface area contributed by atoms with Crippen molar-refractivity contribution in [2.45, 2.75) is 57.4 Å². The van der Waals surface area contributed by atoms with Crippen LogP contribution in [-0.2, 0) is 22.4 Å². The lowest BCUT2D eigenvalue weighted by molar-refractivity contribution is -0.140. The third kappa shape index (κ3) is 3.57. The largest absolute Gasteiger partial charge is 0.469 e. The minimum absolute atomic E-state index is 0.198.